The third-order valence-electron chi connectivity index (χ3n) is 7.89. The standard InChI is InChI=1S/C33H37FN2O3/c1-22(2)20-29-33(38)32-27(31(32)26-10-6-7-11-28(26)34)16-18-36(19-17-30(37)35-29)21-23-12-14-25(15-13-23)39-24-8-4-3-5-9-24/h3-15,22,27,29,31-32H,16-21H2,1-2H3,(H,35,37). The van der Waals surface area contributed by atoms with Crippen molar-refractivity contribution in [3.05, 3.63) is 95.8 Å². The van der Waals surface area contributed by atoms with Gasteiger partial charge in [0, 0.05) is 31.3 Å². The Hall–Kier alpha value is -3.51. The Labute approximate surface area is 230 Å². The topological polar surface area (TPSA) is 58.6 Å². The van der Waals surface area contributed by atoms with E-state index in [1.807, 2.05) is 60.7 Å². The van der Waals surface area contributed by atoms with Crippen LogP contribution in [0.25, 0.3) is 0 Å². The van der Waals surface area contributed by atoms with E-state index in [1.165, 1.54) is 6.07 Å². The number of nitrogens with one attached hydrogen (secondary N) is 1. The second-order valence-electron chi connectivity index (χ2n) is 11.3. The number of hydrogen-bond acceptors (Lipinski definition) is 4. The fourth-order valence-corrected chi connectivity index (χ4v) is 5.91. The predicted molar refractivity (Wildman–Crippen MR) is 150 cm³/mol. The molecule has 1 amide bonds. The summed E-state index contributed by atoms with van der Waals surface area (Å²) in [5.41, 5.74) is 1.74. The number of carbonyl (C=O) groups is 2. The van der Waals surface area contributed by atoms with Crippen LogP contribution >= 0.6 is 0 Å². The molecule has 1 saturated heterocycles. The van der Waals surface area contributed by atoms with Crippen LogP contribution in [0.5, 0.6) is 11.5 Å². The van der Waals surface area contributed by atoms with E-state index < -0.39 is 6.04 Å². The smallest absolute Gasteiger partial charge is 0.221 e. The van der Waals surface area contributed by atoms with E-state index in [2.05, 4.69) is 24.1 Å². The van der Waals surface area contributed by atoms with Crippen molar-refractivity contribution in [3.63, 3.8) is 0 Å². The van der Waals surface area contributed by atoms with Crippen LogP contribution in [0.2, 0.25) is 0 Å². The molecule has 0 spiro atoms. The van der Waals surface area contributed by atoms with E-state index in [0.29, 0.717) is 31.5 Å². The first-order chi connectivity index (χ1) is 18.9. The monoisotopic (exact) mass is 528 g/mol. The molecule has 6 heteroatoms. The third kappa shape index (κ3) is 6.74. The van der Waals surface area contributed by atoms with Gasteiger partial charge in [-0.15, -0.1) is 0 Å². The van der Waals surface area contributed by atoms with Gasteiger partial charge in [0.25, 0.3) is 0 Å². The van der Waals surface area contributed by atoms with Crippen molar-refractivity contribution in [1.29, 1.82) is 0 Å². The summed E-state index contributed by atoms with van der Waals surface area (Å²) in [7, 11) is 0. The van der Waals surface area contributed by atoms with Gasteiger partial charge >= 0.3 is 0 Å². The molecule has 3 aromatic carbocycles. The van der Waals surface area contributed by atoms with E-state index in [-0.39, 0.29) is 41.2 Å². The summed E-state index contributed by atoms with van der Waals surface area (Å²) in [5.74, 6) is 1.18. The average molecular weight is 529 g/mol. The zero-order valence-electron chi connectivity index (χ0n) is 22.7. The maximum atomic E-state index is 14.8. The lowest BCUT2D eigenvalue weighted by Crippen LogP contribution is -2.43. The summed E-state index contributed by atoms with van der Waals surface area (Å²) in [6, 6.07) is 24.0. The van der Waals surface area contributed by atoms with Crippen LogP contribution in [-0.4, -0.2) is 35.7 Å². The van der Waals surface area contributed by atoms with Crippen molar-refractivity contribution in [1.82, 2.24) is 10.2 Å². The predicted octanol–water partition coefficient (Wildman–Crippen LogP) is 6.34. The van der Waals surface area contributed by atoms with Crippen LogP contribution in [0.1, 0.15) is 50.2 Å². The summed E-state index contributed by atoms with van der Waals surface area (Å²) in [5, 5.41) is 3.03. The highest BCUT2D eigenvalue weighted by atomic mass is 19.1. The van der Waals surface area contributed by atoms with E-state index in [1.54, 1.807) is 12.1 Å². The Morgan fingerprint density at radius 1 is 0.897 bits per heavy atom. The molecule has 0 aromatic heterocycles. The number of fused-ring (bicyclic) bond motifs is 1. The summed E-state index contributed by atoms with van der Waals surface area (Å²) in [6.45, 7) is 6.13. The number of nitrogens with zero attached hydrogens (tertiary/aromatic N) is 1. The first-order valence-electron chi connectivity index (χ1n) is 14.0. The Morgan fingerprint density at radius 2 is 1.59 bits per heavy atom. The lowest BCUT2D eigenvalue weighted by molar-refractivity contribution is -0.129. The lowest BCUT2D eigenvalue weighted by Gasteiger charge is -2.23. The fourth-order valence-electron chi connectivity index (χ4n) is 5.91. The molecule has 1 aliphatic heterocycles. The number of carbonyl (C=O) groups excluding carboxylic acids is 2. The number of Topliss-reactive ketones (excluding diaryl/α,β-unsaturated/α-hetero) is 1. The molecule has 1 heterocycles. The molecule has 5 nitrogen and oxygen atoms in total. The number of amides is 1. The molecule has 1 saturated carbocycles. The highest BCUT2D eigenvalue weighted by Gasteiger charge is 2.56. The number of halogens is 1. The van der Waals surface area contributed by atoms with Gasteiger partial charge in [-0.05, 0) is 72.7 Å². The normalized spacial score (nSPS) is 24.0. The van der Waals surface area contributed by atoms with Gasteiger partial charge in [-0.1, -0.05) is 62.4 Å². The lowest BCUT2D eigenvalue weighted by atomic mass is 9.95. The van der Waals surface area contributed by atoms with Crippen molar-refractivity contribution < 1.29 is 18.7 Å². The molecular weight excluding hydrogens is 491 g/mol. The minimum atomic E-state index is -0.523. The molecule has 4 atom stereocenters. The third-order valence-corrected chi connectivity index (χ3v) is 7.89. The second-order valence-corrected chi connectivity index (χ2v) is 11.3. The number of ketones is 1. The zero-order valence-corrected chi connectivity index (χ0v) is 22.7. The number of rotatable bonds is 7. The molecule has 2 aliphatic rings. The quantitative estimate of drug-likeness (QED) is 0.389. The van der Waals surface area contributed by atoms with Crippen LogP contribution < -0.4 is 10.1 Å². The van der Waals surface area contributed by atoms with Gasteiger partial charge in [-0.2, -0.15) is 0 Å². The van der Waals surface area contributed by atoms with Crippen LogP contribution in [0, 0.1) is 23.6 Å². The molecule has 1 N–H and O–H groups in total. The minimum Gasteiger partial charge on any atom is -0.457 e. The molecule has 0 bridgehead atoms. The van der Waals surface area contributed by atoms with E-state index in [4.69, 9.17) is 4.74 Å². The Balaban J connectivity index is 1.32. The largest absolute Gasteiger partial charge is 0.457 e. The van der Waals surface area contributed by atoms with Crippen LogP contribution in [0.4, 0.5) is 4.39 Å². The molecule has 5 rings (SSSR count). The van der Waals surface area contributed by atoms with Gasteiger partial charge in [0.05, 0.1) is 6.04 Å². The molecule has 4 unspecified atom stereocenters. The number of ether oxygens (including phenoxy) is 1. The molecule has 3 aromatic rings. The number of hydrogen-bond donors (Lipinski definition) is 1. The highest BCUT2D eigenvalue weighted by Crippen LogP contribution is 2.57. The minimum absolute atomic E-state index is 0.0535. The zero-order chi connectivity index (χ0) is 27.4. The van der Waals surface area contributed by atoms with Gasteiger partial charge in [-0.3, -0.25) is 14.5 Å². The molecule has 204 valence electrons. The van der Waals surface area contributed by atoms with Gasteiger partial charge in [0.1, 0.15) is 17.3 Å². The van der Waals surface area contributed by atoms with Crippen LogP contribution in [0.3, 0.4) is 0 Å². The SMILES string of the molecule is CC(C)CC1NC(=O)CCN(Cc2ccc(Oc3ccccc3)cc2)CCC2C(C1=O)C2c1ccccc1F. The summed E-state index contributed by atoms with van der Waals surface area (Å²) < 4.78 is 20.7. The van der Waals surface area contributed by atoms with E-state index in [9.17, 15) is 14.0 Å². The molecular formula is C33H37FN2O3. The van der Waals surface area contributed by atoms with Crippen molar-refractivity contribution in [2.75, 3.05) is 13.1 Å². The van der Waals surface area contributed by atoms with Crippen LogP contribution in [-0.2, 0) is 16.1 Å². The maximum absolute atomic E-state index is 14.8. The number of para-hydroxylation sites is 1. The van der Waals surface area contributed by atoms with Gasteiger partial charge in [0.15, 0.2) is 5.78 Å². The summed E-state index contributed by atoms with van der Waals surface area (Å²) in [4.78, 5) is 28.9. The van der Waals surface area contributed by atoms with E-state index >= 15 is 0 Å². The summed E-state index contributed by atoms with van der Waals surface area (Å²) >= 11 is 0. The van der Waals surface area contributed by atoms with Gasteiger partial charge in [0.2, 0.25) is 5.91 Å². The maximum Gasteiger partial charge on any atom is 0.221 e. The Bertz CT molecular complexity index is 1280. The number of benzene rings is 3. The van der Waals surface area contributed by atoms with Crippen LogP contribution in [0.15, 0.2) is 78.9 Å². The summed E-state index contributed by atoms with van der Waals surface area (Å²) in [6.07, 6.45) is 1.72. The molecule has 1 aliphatic carbocycles. The Kier molecular flexibility index (Phi) is 8.41. The average Bonchev–Trinajstić information content (AvgIpc) is 3.64. The van der Waals surface area contributed by atoms with Gasteiger partial charge < -0.3 is 10.1 Å². The highest BCUT2D eigenvalue weighted by molar-refractivity contribution is 5.93. The molecule has 39 heavy (non-hydrogen) atoms. The fraction of sp³-hybridized carbons (Fsp3) is 0.394. The first kappa shape index (κ1) is 27.1. The second kappa shape index (κ2) is 12.1. The Morgan fingerprint density at radius 3 is 2.31 bits per heavy atom. The molecule has 0 radical (unpaired) electrons. The van der Waals surface area contributed by atoms with E-state index in [0.717, 1.165) is 30.0 Å². The van der Waals surface area contributed by atoms with Crippen molar-refractivity contribution in [2.24, 2.45) is 17.8 Å². The van der Waals surface area contributed by atoms with Crippen molar-refractivity contribution in [3.8, 4) is 11.5 Å². The van der Waals surface area contributed by atoms with Crippen molar-refractivity contribution in [2.45, 2.75) is 51.6 Å². The first-order valence-corrected chi connectivity index (χ1v) is 14.0. The van der Waals surface area contributed by atoms with Gasteiger partial charge in [-0.25, -0.2) is 4.39 Å². The molecule has 2 fully saturated rings. The van der Waals surface area contributed by atoms with Crippen molar-refractivity contribution >= 4 is 11.7 Å².